The highest BCUT2D eigenvalue weighted by Crippen LogP contribution is 2.31. The van der Waals surface area contributed by atoms with Crippen LogP contribution in [-0.2, 0) is 7.05 Å². The fraction of sp³-hybridized carbons (Fsp3) is 0.227. The van der Waals surface area contributed by atoms with Crippen LogP contribution in [0.3, 0.4) is 0 Å². The first-order chi connectivity index (χ1) is 14.3. The van der Waals surface area contributed by atoms with E-state index in [1.54, 1.807) is 25.2 Å². The number of carboxylic acid groups (broad SMARTS) is 1. The van der Waals surface area contributed by atoms with Gasteiger partial charge >= 0.3 is 5.97 Å². The van der Waals surface area contributed by atoms with Gasteiger partial charge in [-0.05, 0) is 36.2 Å². The van der Waals surface area contributed by atoms with Crippen molar-refractivity contribution in [3.8, 4) is 17.0 Å². The average Bonchev–Trinajstić information content (AvgIpc) is 3.39. The number of hydrogen-bond donors (Lipinski definition) is 3. The molecular formula is C22H22ClN3O4. The summed E-state index contributed by atoms with van der Waals surface area (Å²) in [6.45, 7) is 2.28. The second kappa shape index (κ2) is 9.00. The summed E-state index contributed by atoms with van der Waals surface area (Å²) in [5, 5.41) is 26.0. The fourth-order valence-electron chi connectivity index (χ4n) is 2.73. The molecule has 1 aliphatic rings. The first kappa shape index (κ1) is 21.4. The third kappa shape index (κ3) is 4.99. The highest BCUT2D eigenvalue weighted by Gasteiger charge is 2.20. The largest absolute Gasteiger partial charge is 0.507 e. The molecular weight excluding hydrogens is 406 g/mol. The topological polar surface area (TPSA) is 104 Å². The number of halogens is 1. The lowest BCUT2D eigenvalue weighted by atomic mass is 10.1. The number of carboxylic acids is 1. The Bertz CT molecular complexity index is 1090. The molecule has 1 heterocycles. The summed E-state index contributed by atoms with van der Waals surface area (Å²) in [4.78, 5) is 23.8. The van der Waals surface area contributed by atoms with Crippen LogP contribution in [-0.4, -0.2) is 31.9 Å². The molecule has 30 heavy (non-hydrogen) atoms. The van der Waals surface area contributed by atoms with E-state index in [-0.39, 0.29) is 27.6 Å². The Labute approximate surface area is 178 Å². The minimum Gasteiger partial charge on any atom is -0.507 e. The predicted molar refractivity (Wildman–Crippen MR) is 115 cm³/mol. The van der Waals surface area contributed by atoms with E-state index >= 15 is 0 Å². The van der Waals surface area contributed by atoms with Gasteiger partial charge in [0.1, 0.15) is 5.75 Å². The highest BCUT2D eigenvalue weighted by molar-refractivity contribution is 6.33. The maximum atomic E-state index is 12.7. The summed E-state index contributed by atoms with van der Waals surface area (Å²) in [5.41, 5.74) is 1.30. The van der Waals surface area contributed by atoms with Crippen molar-refractivity contribution in [2.75, 3.05) is 5.32 Å². The molecule has 0 radical (unpaired) electrons. The van der Waals surface area contributed by atoms with Gasteiger partial charge in [0.25, 0.3) is 5.91 Å². The average molecular weight is 428 g/mol. The number of para-hydroxylation sites is 1. The number of hydrogen-bond acceptors (Lipinski definition) is 4. The number of amides is 1. The Morgan fingerprint density at radius 1 is 1.17 bits per heavy atom. The minimum atomic E-state index is -1.19. The molecule has 4 rings (SSSR count). The summed E-state index contributed by atoms with van der Waals surface area (Å²) in [6, 6.07) is 10.8. The molecule has 2 aromatic carbocycles. The first-order valence-electron chi connectivity index (χ1n) is 9.42. The molecule has 0 saturated heterocycles. The second-order valence-corrected chi connectivity index (χ2v) is 7.59. The van der Waals surface area contributed by atoms with Crippen molar-refractivity contribution < 1.29 is 19.8 Å². The van der Waals surface area contributed by atoms with Crippen molar-refractivity contribution in [2.24, 2.45) is 13.0 Å². The molecule has 3 N–H and O–H groups in total. The summed E-state index contributed by atoms with van der Waals surface area (Å²) in [6.07, 6.45) is 4.35. The highest BCUT2D eigenvalue weighted by atomic mass is 35.5. The number of aryl methyl sites for hydroxylation is 1. The standard InChI is InChI=1S/C18H14ClN3O4.C4H8/c1-22-16(11-4-2-3-5-15(11)23)13(9-20-22)17(24)21-10-6-7-14(19)12(8-10)18(25)26;1-4-2-3-4/h2-9,23H,1H3,(H,21,24)(H,25,26);4H,2-3H2,1H3. The molecule has 8 heteroatoms. The summed E-state index contributed by atoms with van der Waals surface area (Å²) in [7, 11) is 1.66. The molecule has 0 unspecified atom stereocenters. The van der Waals surface area contributed by atoms with E-state index in [0.717, 1.165) is 5.92 Å². The van der Waals surface area contributed by atoms with Crippen LogP contribution in [0.1, 0.15) is 40.5 Å². The molecule has 1 saturated carbocycles. The number of phenolic OH excluding ortho intramolecular Hbond substituents is 1. The number of carbonyl (C=O) groups excluding carboxylic acids is 1. The molecule has 1 amide bonds. The van der Waals surface area contributed by atoms with Crippen molar-refractivity contribution in [1.29, 1.82) is 0 Å². The van der Waals surface area contributed by atoms with Crippen LogP contribution in [0.2, 0.25) is 5.02 Å². The molecule has 0 spiro atoms. The number of benzene rings is 2. The van der Waals surface area contributed by atoms with Crippen LogP contribution < -0.4 is 5.32 Å². The van der Waals surface area contributed by atoms with Crippen LogP contribution in [0.25, 0.3) is 11.3 Å². The van der Waals surface area contributed by atoms with Crippen molar-refractivity contribution in [2.45, 2.75) is 19.8 Å². The quantitative estimate of drug-likeness (QED) is 0.554. The number of nitrogens with zero attached hydrogens (tertiary/aromatic N) is 2. The zero-order chi connectivity index (χ0) is 21.8. The normalized spacial score (nSPS) is 12.6. The number of aromatic nitrogens is 2. The van der Waals surface area contributed by atoms with Crippen LogP contribution >= 0.6 is 11.6 Å². The van der Waals surface area contributed by atoms with Crippen molar-refractivity contribution in [3.63, 3.8) is 0 Å². The Morgan fingerprint density at radius 3 is 2.43 bits per heavy atom. The number of aromatic hydroxyl groups is 1. The van der Waals surface area contributed by atoms with Gasteiger partial charge < -0.3 is 15.5 Å². The molecule has 1 aliphatic carbocycles. The van der Waals surface area contributed by atoms with Crippen molar-refractivity contribution in [3.05, 3.63) is 64.8 Å². The van der Waals surface area contributed by atoms with Gasteiger partial charge in [0.05, 0.1) is 28.0 Å². The maximum absolute atomic E-state index is 12.7. The van der Waals surface area contributed by atoms with Gasteiger partial charge in [-0.1, -0.05) is 43.5 Å². The van der Waals surface area contributed by atoms with E-state index in [2.05, 4.69) is 17.3 Å². The monoisotopic (exact) mass is 427 g/mol. The Morgan fingerprint density at radius 2 is 1.83 bits per heavy atom. The molecule has 0 bridgehead atoms. The van der Waals surface area contributed by atoms with E-state index in [9.17, 15) is 14.7 Å². The molecule has 0 aliphatic heterocycles. The fourth-order valence-corrected chi connectivity index (χ4v) is 2.93. The van der Waals surface area contributed by atoms with E-state index in [1.807, 2.05) is 0 Å². The SMILES string of the molecule is CC1CC1.Cn1ncc(C(=O)Nc2ccc(Cl)c(C(=O)O)c2)c1-c1ccccc1O. The van der Waals surface area contributed by atoms with Crippen LogP contribution in [0, 0.1) is 5.92 Å². The Balaban J connectivity index is 0.000000572. The van der Waals surface area contributed by atoms with Gasteiger partial charge in [-0.15, -0.1) is 0 Å². The predicted octanol–water partition coefficient (Wildman–Crippen LogP) is 4.81. The number of phenols is 1. The van der Waals surface area contributed by atoms with Gasteiger partial charge in [0, 0.05) is 18.3 Å². The molecule has 7 nitrogen and oxygen atoms in total. The summed E-state index contributed by atoms with van der Waals surface area (Å²) >= 11 is 5.84. The second-order valence-electron chi connectivity index (χ2n) is 7.18. The molecule has 1 aromatic heterocycles. The molecule has 0 atom stereocenters. The van der Waals surface area contributed by atoms with Gasteiger partial charge in [0.15, 0.2) is 0 Å². The minimum absolute atomic E-state index is 0.0183. The third-order valence-corrected chi connectivity index (χ3v) is 4.99. The zero-order valence-corrected chi connectivity index (χ0v) is 17.3. The lowest BCUT2D eigenvalue weighted by molar-refractivity contribution is 0.0696. The van der Waals surface area contributed by atoms with Gasteiger partial charge in [-0.25, -0.2) is 4.79 Å². The third-order valence-electron chi connectivity index (χ3n) is 4.66. The van der Waals surface area contributed by atoms with E-state index < -0.39 is 11.9 Å². The number of carbonyl (C=O) groups is 2. The van der Waals surface area contributed by atoms with Crippen molar-refractivity contribution >= 4 is 29.2 Å². The van der Waals surface area contributed by atoms with E-state index in [0.29, 0.717) is 11.3 Å². The van der Waals surface area contributed by atoms with Gasteiger partial charge in [0.2, 0.25) is 0 Å². The zero-order valence-electron chi connectivity index (χ0n) is 16.6. The lowest BCUT2D eigenvalue weighted by Gasteiger charge is -2.10. The smallest absolute Gasteiger partial charge is 0.337 e. The Hall–Kier alpha value is -3.32. The lowest BCUT2D eigenvalue weighted by Crippen LogP contribution is -2.13. The summed E-state index contributed by atoms with van der Waals surface area (Å²) < 4.78 is 1.48. The summed E-state index contributed by atoms with van der Waals surface area (Å²) in [5.74, 6) is -0.581. The molecule has 3 aromatic rings. The maximum Gasteiger partial charge on any atom is 0.337 e. The molecule has 156 valence electrons. The van der Waals surface area contributed by atoms with Crippen LogP contribution in [0.4, 0.5) is 5.69 Å². The number of aromatic carboxylic acids is 1. The van der Waals surface area contributed by atoms with Gasteiger partial charge in [-0.2, -0.15) is 5.10 Å². The number of anilines is 1. The van der Waals surface area contributed by atoms with Gasteiger partial charge in [-0.3, -0.25) is 9.48 Å². The van der Waals surface area contributed by atoms with Crippen molar-refractivity contribution in [1.82, 2.24) is 9.78 Å². The van der Waals surface area contributed by atoms with E-state index in [4.69, 9.17) is 16.7 Å². The number of nitrogens with one attached hydrogen (secondary N) is 1. The van der Waals surface area contributed by atoms with Crippen LogP contribution in [0.15, 0.2) is 48.7 Å². The Kier molecular flexibility index (Phi) is 6.42. The number of rotatable bonds is 4. The van der Waals surface area contributed by atoms with E-state index in [1.165, 1.54) is 48.0 Å². The van der Waals surface area contributed by atoms with Crippen LogP contribution in [0.5, 0.6) is 5.75 Å². The molecule has 1 fully saturated rings. The first-order valence-corrected chi connectivity index (χ1v) is 9.80.